The fraction of sp³-hybridized carbons (Fsp3) is 0.500. The molecule has 0 amide bonds. The third-order valence-electron chi connectivity index (χ3n) is 4.32. The smallest absolute Gasteiger partial charge is 0.339 e. The largest absolute Gasteiger partial charge is 0.465 e. The van der Waals surface area contributed by atoms with Gasteiger partial charge in [-0.2, -0.15) is 0 Å². The quantitative estimate of drug-likeness (QED) is 0.632. The van der Waals surface area contributed by atoms with Crippen LogP contribution in [0.1, 0.15) is 41.5 Å². The normalized spacial score (nSPS) is 14.4. The van der Waals surface area contributed by atoms with Gasteiger partial charge in [0, 0.05) is 0 Å². The molecule has 0 fully saturated rings. The number of nitrogens with zero attached hydrogens (tertiary/aromatic N) is 1. The van der Waals surface area contributed by atoms with E-state index in [0.29, 0.717) is 0 Å². The minimum absolute atomic E-state index is 0.0526. The lowest BCUT2D eigenvalue weighted by Gasteiger charge is -2.32. The van der Waals surface area contributed by atoms with E-state index in [-0.39, 0.29) is 21.1 Å². The number of benzene rings is 1. The van der Waals surface area contributed by atoms with Crippen molar-refractivity contribution in [1.29, 1.82) is 0 Å². The molecule has 1 atom stereocenters. The highest BCUT2D eigenvalue weighted by Crippen LogP contribution is 2.38. The number of carbonyl (C=O) groups is 2. The Hall–Kier alpha value is -1.71. The van der Waals surface area contributed by atoms with E-state index in [2.05, 4.69) is 8.77 Å². The average Bonchev–Trinajstić information content (AvgIpc) is 2.50. The number of rotatable bonds is 4. The zero-order valence-electron chi connectivity index (χ0n) is 15.7. The highest BCUT2D eigenvalue weighted by atomic mass is 32.2. The molecule has 1 unspecified atom stereocenters. The molecule has 1 aromatic carbocycles. The van der Waals surface area contributed by atoms with Crippen molar-refractivity contribution in [1.82, 2.24) is 0 Å². The molecule has 0 aromatic heterocycles. The third-order valence-corrected chi connectivity index (χ3v) is 11.9. The number of hydrogen-bond donors (Lipinski definition) is 1. The molecule has 1 rings (SSSR count). The SMILES string of the molecule is COC(=O)c1ccc(S(N)(=O)=N[Si](C)(C)C(C)(C)C)c(C(=O)OC)c1. The first-order chi connectivity index (χ1) is 11.3. The van der Waals surface area contributed by atoms with Crippen molar-refractivity contribution in [2.24, 2.45) is 9.17 Å². The molecular formula is C16H26N2O5SSi. The monoisotopic (exact) mass is 386 g/mol. The summed E-state index contributed by atoms with van der Waals surface area (Å²) in [6.07, 6.45) is 0. The van der Waals surface area contributed by atoms with E-state index in [9.17, 15) is 13.8 Å². The van der Waals surface area contributed by atoms with Crippen molar-refractivity contribution in [3.8, 4) is 0 Å². The van der Waals surface area contributed by atoms with Gasteiger partial charge in [0.1, 0.15) is 9.92 Å². The van der Waals surface area contributed by atoms with E-state index < -0.39 is 30.1 Å². The Labute approximate surface area is 150 Å². The molecule has 0 aliphatic heterocycles. The zero-order chi connectivity index (χ0) is 19.6. The van der Waals surface area contributed by atoms with Gasteiger partial charge in [0.05, 0.1) is 30.2 Å². The Balaban J connectivity index is 3.68. The van der Waals surface area contributed by atoms with Crippen LogP contribution in [0.3, 0.4) is 0 Å². The summed E-state index contributed by atoms with van der Waals surface area (Å²) in [4.78, 5) is 23.9. The van der Waals surface area contributed by atoms with Crippen molar-refractivity contribution >= 4 is 30.1 Å². The van der Waals surface area contributed by atoms with Gasteiger partial charge in [0.15, 0.2) is 8.24 Å². The molecule has 2 N–H and O–H groups in total. The maximum absolute atomic E-state index is 13.2. The summed E-state index contributed by atoms with van der Waals surface area (Å²) in [6.45, 7) is 9.96. The molecule has 9 heteroatoms. The minimum Gasteiger partial charge on any atom is -0.465 e. The Bertz CT molecular complexity index is 805. The van der Waals surface area contributed by atoms with Crippen LogP contribution in [-0.4, -0.2) is 38.6 Å². The van der Waals surface area contributed by atoms with Gasteiger partial charge >= 0.3 is 11.9 Å². The molecule has 0 bridgehead atoms. The van der Waals surface area contributed by atoms with Crippen LogP contribution in [0.15, 0.2) is 27.1 Å². The van der Waals surface area contributed by atoms with Gasteiger partial charge in [-0.05, 0) is 36.3 Å². The first kappa shape index (κ1) is 21.3. The summed E-state index contributed by atoms with van der Waals surface area (Å²) in [5.41, 5.74) is 0.0783. The van der Waals surface area contributed by atoms with Gasteiger partial charge in [0.25, 0.3) is 0 Å². The average molecular weight is 387 g/mol. The summed E-state index contributed by atoms with van der Waals surface area (Å²) in [7, 11) is -3.28. The molecule has 7 nitrogen and oxygen atoms in total. The Kier molecular flexibility index (Phi) is 6.20. The second-order valence-corrected chi connectivity index (χ2v) is 14.1. The van der Waals surface area contributed by atoms with E-state index in [4.69, 9.17) is 9.88 Å². The van der Waals surface area contributed by atoms with Gasteiger partial charge in [0.2, 0.25) is 0 Å². The standard InChI is InChI=1S/C16H26N2O5SSi/c1-16(2,3)25(6,7)18-24(17,21)13-9-8-11(14(19)22-4)10-12(13)15(20)23-5/h8-10H,1-7H3,(H2,17,18,21). The van der Waals surface area contributed by atoms with Gasteiger partial charge in [-0.25, -0.2) is 18.9 Å². The van der Waals surface area contributed by atoms with E-state index in [1.165, 1.54) is 32.4 Å². The van der Waals surface area contributed by atoms with Crippen molar-refractivity contribution in [2.75, 3.05) is 14.2 Å². The molecule has 1 aromatic rings. The minimum atomic E-state index is -3.35. The lowest BCUT2D eigenvalue weighted by molar-refractivity contribution is 0.0595. The van der Waals surface area contributed by atoms with Crippen molar-refractivity contribution < 1.29 is 23.3 Å². The second-order valence-electron chi connectivity index (χ2n) is 7.16. The number of nitrogens with two attached hydrogens (primary N) is 1. The molecule has 0 saturated carbocycles. The Morgan fingerprint density at radius 1 is 1.12 bits per heavy atom. The lowest BCUT2D eigenvalue weighted by atomic mass is 10.1. The molecular weight excluding hydrogens is 360 g/mol. The number of ether oxygens (including phenoxy) is 2. The Morgan fingerprint density at radius 2 is 1.64 bits per heavy atom. The molecule has 25 heavy (non-hydrogen) atoms. The second kappa shape index (κ2) is 7.26. The lowest BCUT2D eigenvalue weighted by Crippen LogP contribution is -2.38. The zero-order valence-corrected chi connectivity index (χ0v) is 17.5. The van der Waals surface area contributed by atoms with Crippen LogP contribution in [-0.2, 0) is 19.4 Å². The van der Waals surface area contributed by atoms with Crippen LogP contribution in [0.4, 0.5) is 0 Å². The predicted molar refractivity (Wildman–Crippen MR) is 99.3 cm³/mol. The molecule has 0 saturated heterocycles. The molecule has 0 aliphatic carbocycles. The maximum Gasteiger partial charge on any atom is 0.339 e. The van der Waals surface area contributed by atoms with Gasteiger partial charge in [-0.15, -0.1) is 0 Å². The molecule has 140 valence electrons. The van der Waals surface area contributed by atoms with Crippen LogP contribution in [0.2, 0.25) is 18.1 Å². The topological polar surface area (TPSA) is 108 Å². The van der Waals surface area contributed by atoms with Crippen LogP contribution in [0.5, 0.6) is 0 Å². The fourth-order valence-corrected chi connectivity index (χ4v) is 6.75. The number of methoxy groups -OCH3 is 2. The van der Waals surface area contributed by atoms with Crippen LogP contribution in [0, 0.1) is 0 Å². The molecule has 0 radical (unpaired) electrons. The van der Waals surface area contributed by atoms with Crippen LogP contribution in [0.25, 0.3) is 0 Å². The summed E-state index contributed by atoms with van der Waals surface area (Å²) in [5.74, 6) is -1.37. The van der Waals surface area contributed by atoms with Gasteiger partial charge in [-0.3, -0.25) is 4.03 Å². The predicted octanol–water partition coefficient (Wildman–Crippen LogP) is 2.97. The number of hydrogen-bond acceptors (Lipinski definition) is 6. The van der Waals surface area contributed by atoms with Crippen molar-refractivity contribution in [3.05, 3.63) is 29.3 Å². The molecule has 0 spiro atoms. The summed E-state index contributed by atoms with van der Waals surface area (Å²) >= 11 is 0. The van der Waals surface area contributed by atoms with Gasteiger partial charge < -0.3 is 9.47 Å². The maximum atomic E-state index is 13.2. The third kappa shape index (κ3) is 4.68. The van der Waals surface area contributed by atoms with Gasteiger partial charge in [-0.1, -0.05) is 20.8 Å². The first-order valence-corrected chi connectivity index (χ1v) is 12.2. The van der Waals surface area contributed by atoms with E-state index >= 15 is 0 Å². The number of carbonyl (C=O) groups excluding carboxylic acids is 2. The van der Waals surface area contributed by atoms with Crippen LogP contribution >= 0.6 is 0 Å². The van der Waals surface area contributed by atoms with E-state index in [1.54, 1.807) is 0 Å². The Morgan fingerprint density at radius 3 is 2.08 bits per heavy atom. The van der Waals surface area contributed by atoms with Crippen molar-refractivity contribution in [2.45, 2.75) is 43.8 Å². The summed E-state index contributed by atoms with van der Waals surface area (Å²) in [6, 6.07) is 4.04. The van der Waals surface area contributed by atoms with E-state index in [0.717, 1.165) is 0 Å². The fourth-order valence-electron chi connectivity index (χ4n) is 1.82. The number of esters is 2. The van der Waals surface area contributed by atoms with Crippen LogP contribution < -0.4 is 5.14 Å². The van der Waals surface area contributed by atoms with E-state index in [1.807, 2.05) is 33.9 Å². The molecule has 0 heterocycles. The highest BCUT2D eigenvalue weighted by molar-refractivity contribution is 7.92. The molecule has 0 aliphatic rings. The summed E-state index contributed by atoms with van der Waals surface area (Å²) in [5, 5.41) is 5.87. The summed E-state index contributed by atoms with van der Waals surface area (Å²) < 4.78 is 27.0. The van der Waals surface area contributed by atoms with Crippen molar-refractivity contribution in [3.63, 3.8) is 0 Å². The highest BCUT2D eigenvalue weighted by Gasteiger charge is 2.38. The first-order valence-electron chi connectivity index (χ1n) is 7.63.